The van der Waals surface area contributed by atoms with Gasteiger partial charge in [-0.15, -0.1) is 0 Å². The minimum absolute atomic E-state index is 0.0370. The average molecular weight is 628 g/mol. The van der Waals surface area contributed by atoms with Crippen LogP contribution in [0.4, 0.5) is 10.5 Å². The lowest BCUT2D eigenvalue weighted by Crippen LogP contribution is -2.54. The van der Waals surface area contributed by atoms with E-state index < -0.39 is 21.3 Å². The number of ether oxygens (including phenoxy) is 1. The first-order valence-corrected chi connectivity index (χ1v) is 17.4. The van der Waals surface area contributed by atoms with Crippen LogP contribution < -0.4 is 10.2 Å². The van der Waals surface area contributed by atoms with Crippen molar-refractivity contribution in [2.24, 2.45) is 17.8 Å². The number of likely N-dealkylation sites (tertiary alicyclic amines) is 1. The van der Waals surface area contributed by atoms with Gasteiger partial charge >= 0.3 is 6.09 Å². The van der Waals surface area contributed by atoms with Gasteiger partial charge in [-0.1, -0.05) is 30.3 Å². The Kier molecular flexibility index (Phi) is 9.11. The minimum Gasteiger partial charge on any atom is -0.446 e. The van der Waals surface area contributed by atoms with Crippen LogP contribution in [0.2, 0.25) is 0 Å². The fourth-order valence-electron chi connectivity index (χ4n) is 7.81. The number of benzene rings is 2. The summed E-state index contributed by atoms with van der Waals surface area (Å²) in [5.74, 6) is 0.682. The molecule has 9 nitrogen and oxygen atoms in total. The van der Waals surface area contributed by atoms with E-state index in [0.29, 0.717) is 5.92 Å². The predicted octanol–water partition coefficient (Wildman–Crippen LogP) is 5.05. The second-order valence-corrected chi connectivity index (χ2v) is 14.6. The number of nitrogens with one attached hydrogen (secondary N) is 1. The topological polar surface area (TPSA) is 116 Å². The molecule has 1 saturated carbocycles. The van der Waals surface area contributed by atoms with Crippen molar-refractivity contribution in [2.75, 3.05) is 44.7 Å². The quantitative estimate of drug-likeness (QED) is 0.351. The summed E-state index contributed by atoms with van der Waals surface area (Å²) in [6.45, 7) is 4.75. The van der Waals surface area contributed by atoms with Crippen molar-refractivity contribution in [1.29, 1.82) is 5.26 Å². The molecule has 3 fully saturated rings. The molecule has 3 atom stereocenters. The highest BCUT2D eigenvalue weighted by Crippen LogP contribution is 2.51. The van der Waals surface area contributed by atoms with E-state index >= 15 is 0 Å². The summed E-state index contributed by atoms with van der Waals surface area (Å²) >= 11 is 0. The zero-order valence-corrected chi connectivity index (χ0v) is 26.5. The standard InChI is InChI=1S/C35H41N5O4S/c1-37-34(41)44-33-9-5-8-32(33)35(25-36,27-6-3-2-4-7-27)28-16-20-39(21-17-28)22-26-23-40(24-26)29-10-12-30(13-11-29)45(42,43)31-14-18-38-19-15-31/h2-4,6-7,10-15,18-19,26,28,32-33H,5,8-9,16-17,20-24H2,1H3,(H,37,41). The van der Waals surface area contributed by atoms with Crippen molar-refractivity contribution >= 4 is 21.6 Å². The Morgan fingerprint density at radius 1 is 0.978 bits per heavy atom. The number of alkyl carbamates (subject to hydrolysis) is 1. The summed E-state index contributed by atoms with van der Waals surface area (Å²) in [7, 11) is -1.99. The highest BCUT2D eigenvalue weighted by Gasteiger charge is 2.53. The number of rotatable bonds is 9. The number of carbonyl (C=O) groups excluding carboxylic acids is 1. The fraction of sp³-hybridized carbons (Fsp3) is 0.457. The first kappa shape index (κ1) is 31.1. The normalized spacial score (nSPS) is 22.6. The molecular formula is C35H41N5O4S. The third-order valence-corrected chi connectivity index (χ3v) is 11.9. The Balaban J connectivity index is 1.07. The van der Waals surface area contributed by atoms with Crippen LogP contribution in [0.25, 0.3) is 0 Å². The molecule has 0 radical (unpaired) electrons. The van der Waals surface area contributed by atoms with E-state index in [1.54, 1.807) is 19.2 Å². The summed E-state index contributed by atoms with van der Waals surface area (Å²) < 4.78 is 31.7. The SMILES string of the molecule is CNC(=O)OC1CCCC1C(C#N)(c1ccccc1)C1CCN(CC2CN(c3ccc(S(=O)(=O)c4ccncc4)cc3)C2)CC1. The number of nitrogens with zero attached hydrogens (tertiary/aromatic N) is 4. The zero-order chi connectivity index (χ0) is 31.4. The number of anilines is 1. The number of hydrogen-bond acceptors (Lipinski definition) is 8. The molecule has 1 amide bonds. The first-order chi connectivity index (χ1) is 21.8. The molecule has 45 heavy (non-hydrogen) atoms. The maximum Gasteiger partial charge on any atom is 0.407 e. The van der Waals surface area contributed by atoms with Gasteiger partial charge in [0.05, 0.1) is 21.3 Å². The van der Waals surface area contributed by atoms with Crippen LogP contribution in [-0.2, 0) is 20.0 Å². The predicted molar refractivity (Wildman–Crippen MR) is 171 cm³/mol. The van der Waals surface area contributed by atoms with Crippen LogP contribution in [0.5, 0.6) is 0 Å². The van der Waals surface area contributed by atoms with Gasteiger partial charge in [-0.2, -0.15) is 5.26 Å². The lowest BCUT2D eigenvalue weighted by molar-refractivity contribution is 0.0307. The molecule has 3 aliphatic rings. The van der Waals surface area contributed by atoms with Crippen molar-refractivity contribution in [3.8, 4) is 6.07 Å². The minimum atomic E-state index is -3.56. The molecule has 3 unspecified atom stereocenters. The molecule has 2 aliphatic heterocycles. The molecule has 0 spiro atoms. The summed E-state index contributed by atoms with van der Waals surface area (Å²) in [5.41, 5.74) is 1.37. The molecule has 3 heterocycles. The van der Waals surface area contributed by atoms with Crippen LogP contribution in [0, 0.1) is 29.1 Å². The Bertz CT molecular complexity index is 1600. The monoisotopic (exact) mass is 627 g/mol. The maximum absolute atomic E-state index is 12.9. The molecule has 1 aromatic heterocycles. The van der Waals surface area contributed by atoms with Crippen molar-refractivity contribution < 1.29 is 17.9 Å². The number of amides is 1. The van der Waals surface area contributed by atoms with E-state index in [4.69, 9.17) is 4.74 Å². The average Bonchev–Trinajstić information content (AvgIpc) is 3.53. The molecule has 0 bridgehead atoms. The molecule has 2 aromatic carbocycles. The van der Waals surface area contributed by atoms with Crippen molar-refractivity contribution in [1.82, 2.24) is 15.2 Å². The van der Waals surface area contributed by atoms with E-state index in [2.05, 4.69) is 38.3 Å². The van der Waals surface area contributed by atoms with E-state index in [0.717, 1.165) is 76.1 Å². The van der Waals surface area contributed by atoms with Crippen LogP contribution in [0.1, 0.15) is 37.7 Å². The molecule has 1 aliphatic carbocycles. The van der Waals surface area contributed by atoms with Gasteiger partial charge in [-0.3, -0.25) is 4.98 Å². The number of aromatic nitrogens is 1. The van der Waals surface area contributed by atoms with Crippen LogP contribution in [-0.4, -0.2) is 70.3 Å². The zero-order valence-electron chi connectivity index (χ0n) is 25.7. The van der Waals surface area contributed by atoms with Crippen LogP contribution in [0.15, 0.2) is 88.9 Å². The fourth-order valence-corrected chi connectivity index (χ4v) is 9.06. The third-order valence-electron chi connectivity index (χ3n) is 10.1. The lowest BCUT2D eigenvalue weighted by Gasteiger charge is -2.47. The summed E-state index contributed by atoms with van der Waals surface area (Å²) in [5, 5.41) is 13.5. The molecule has 1 N–H and O–H groups in total. The summed E-state index contributed by atoms with van der Waals surface area (Å²) in [6, 6.07) is 23.2. The lowest BCUT2D eigenvalue weighted by atomic mass is 9.59. The van der Waals surface area contributed by atoms with Gasteiger partial charge in [0.2, 0.25) is 9.84 Å². The van der Waals surface area contributed by atoms with E-state index in [1.807, 2.05) is 30.3 Å². The second-order valence-electron chi connectivity index (χ2n) is 12.6. The van der Waals surface area contributed by atoms with Crippen molar-refractivity contribution in [3.63, 3.8) is 0 Å². The number of nitriles is 1. The molecular weight excluding hydrogens is 586 g/mol. The maximum atomic E-state index is 12.9. The summed E-state index contributed by atoms with van der Waals surface area (Å²) in [4.78, 5) is 21.5. The van der Waals surface area contributed by atoms with Crippen LogP contribution >= 0.6 is 0 Å². The Morgan fingerprint density at radius 2 is 1.64 bits per heavy atom. The Morgan fingerprint density at radius 3 is 2.29 bits per heavy atom. The van der Waals surface area contributed by atoms with Crippen molar-refractivity contribution in [3.05, 3.63) is 84.7 Å². The van der Waals surface area contributed by atoms with Gasteiger partial charge in [0.25, 0.3) is 0 Å². The van der Waals surface area contributed by atoms with E-state index in [1.165, 1.54) is 24.5 Å². The van der Waals surface area contributed by atoms with Gasteiger partial charge in [-0.25, -0.2) is 13.2 Å². The van der Waals surface area contributed by atoms with Crippen molar-refractivity contribution in [2.45, 2.75) is 53.4 Å². The number of carbonyl (C=O) groups is 1. The number of piperidine rings is 1. The smallest absolute Gasteiger partial charge is 0.407 e. The molecule has 10 heteroatoms. The van der Waals surface area contributed by atoms with Gasteiger partial charge in [-0.05, 0) is 93.1 Å². The Hall–Kier alpha value is -3.94. The summed E-state index contributed by atoms with van der Waals surface area (Å²) in [6.07, 6.45) is 6.74. The van der Waals surface area contributed by atoms with Crippen LogP contribution in [0.3, 0.4) is 0 Å². The molecule has 236 valence electrons. The molecule has 3 aromatic rings. The highest BCUT2D eigenvalue weighted by molar-refractivity contribution is 7.91. The Labute approximate surface area is 266 Å². The number of pyridine rings is 1. The van der Waals surface area contributed by atoms with Gasteiger partial charge < -0.3 is 19.9 Å². The van der Waals surface area contributed by atoms with E-state index in [9.17, 15) is 18.5 Å². The van der Waals surface area contributed by atoms with Gasteiger partial charge in [0.1, 0.15) is 6.10 Å². The van der Waals surface area contributed by atoms with E-state index in [-0.39, 0.29) is 27.7 Å². The third kappa shape index (κ3) is 6.16. The molecule has 6 rings (SSSR count). The second kappa shape index (κ2) is 13.2. The largest absolute Gasteiger partial charge is 0.446 e. The van der Waals surface area contributed by atoms with Gasteiger partial charge in [0.15, 0.2) is 0 Å². The number of hydrogen-bond donors (Lipinski definition) is 1. The highest BCUT2D eigenvalue weighted by atomic mass is 32.2. The number of sulfone groups is 1. The first-order valence-electron chi connectivity index (χ1n) is 15.9. The molecule has 2 saturated heterocycles. The van der Waals surface area contributed by atoms with Gasteiger partial charge in [0, 0.05) is 56.6 Å².